The number of nitrogens with one attached hydrogen (secondary N) is 2. The number of carbonyl (C=O) groups excluding carboxylic acids is 2. The van der Waals surface area contributed by atoms with E-state index < -0.39 is 24.0 Å². The molecule has 0 radical (unpaired) electrons. The summed E-state index contributed by atoms with van der Waals surface area (Å²) in [6.07, 6.45) is -2.03. The molecule has 1 fully saturated rings. The van der Waals surface area contributed by atoms with Gasteiger partial charge in [-0.1, -0.05) is 69.7 Å². The molecule has 4 aromatic rings. The van der Waals surface area contributed by atoms with Crippen LogP contribution in [0.2, 0.25) is 0 Å². The third kappa shape index (κ3) is 6.61. The zero-order valence-corrected chi connectivity index (χ0v) is 35.4. The Morgan fingerprint density at radius 3 is 1.39 bits per heavy atom. The monoisotopic (exact) mass is 771 g/mol. The minimum atomic E-state index is -1.02. The Morgan fingerprint density at radius 2 is 1.04 bits per heavy atom. The molecule has 2 amide bonds. The minimum absolute atomic E-state index is 0.168. The highest BCUT2D eigenvalue weighted by Crippen LogP contribution is 2.57. The molecule has 0 saturated heterocycles. The Labute approximate surface area is 338 Å². The average Bonchev–Trinajstić information content (AvgIpc) is 3.48. The molecule has 9 heteroatoms. The van der Waals surface area contributed by atoms with E-state index in [1.807, 2.05) is 55.5 Å². The zero-order valence-electron chi connectivity index (χ0n) is 35.4. The molecule has 4 atom stereocenters. The van der Waals surface area contributed by atoms with Gasteiger partial charge in [0.25, 0.3) is 11.8 Å². The van der Waals surface area contributed by atoms with Gasteiger partial charge in [-0.3, -0.25) is 9.59 Å². The number of aliphatic hydroxyl groups excluding tert-OH is 2. The van der Waals surface area contributed by atoms with Crippen LogP contribution in [-0.2, 0) is 17.4 Å². The molecule has 57 heavy (non-hydrogen) atoms. The molecular weight excluding hydrogens is 711 g/mol. The summed E-state index contributed by atoms with van der Waals surface area (Å²) in [5, 5.41) is 31.2. The molecule has 302 valence electrons. The van der Waals surface area contributed by atoms with Crippen molar-refractivity contribution in [2.45, 2.75) is 142 Å². The first-order valence-corrected chi connectivity index (χ1v) is 20.6. The van der Waals surface area contributed by atoms with Crippen LogP contribution in [0.25, 0.3) is 0 Å². The van der Waals surface area contributed by atoms with E-state index in [1.165, 1.54) is 0 Å². The van der Waals surface area contributed by atoms with E-state index in [2.05, 4.69) is 102 Å². The number of rotatable bonds is 9. The van der Waals surface area contributed by atoms with Gasteiger partial charge < -0.3 is 36.4 Å². The maximum Gasteiger partial charge on any atom is 0.255 e. The molecule has 0 aromatic heterocycles. The second kappa shape index (κ2) is 14.6. The number of nitrogens with zero attached hydrogens (tertiary/aromatic N) is 2. The molecule has 4 aromatic carbocycles. The molecule has 0 spiro atoms. The number of nitrogens with two attached hydrogens (primary N) is 1. The highest BCUT2D eigenvalue weighted by atomic mass is 16.3. The van der Waals surface area contributed by atoms with Crippen molar-refractivity contribution in [3.05, 3.63) is 117 Å². The lowest BCUT2D eigenvalue weighted by molar-refractivity contribution is -0.0781. The summed E-state index contributed by atoms with van der Waals surface area (Å²) >= 11 is 0. The van der Waals surface area contributed by atoms with Crippen molar-refractivity contribution in [2.75, 3.05) is 20.4 Å². The second-order valence-electron chi connectivity index (χ2n) is 18.4. The number of carbonyl (C=O) groups is 2. The van der Waals surface area contributed by atoms with Crippen LogP contribution in [0.3, 0.4) is 0 Å². The standard InChI is InChI=1S/C48H61N5O4/c1-25(2)52-28(6)47(8,9)35-20-33(37(22-39(35)52)50-45(56)31-16-12-27(5)13-17-31)41-43(54)42(44(41)55)34-21-36-40(53(26(3)4)29(7)48(36,10)11)23-38(34)51-46(57)32-18-14-30(24-49)15-19-32/h12-23,25-26,28-29,41-44,54-55H,24,49H2,1-11H3,(H,50,56)(H,51,57). The van der Waals surface area contributed by atoms with E-state index in [1.54, 1.807) is 12.1 Å². The normalized spacial score (nSPS) is 24.4. The van der Waals surface area contributed by atoms with Crippen LogP contribution in [0.1, 0.15) is 135 Å². The third-order valence-corrected chi connectivity index (χ3v) is 13.8. The first-order chi connectivity index (χ1) is 26.8. The number of aliphatic hydroxyl groups is 2. The first kappa shape index (κ1) is 40.5. The van der Waals surface area contributed by atoms with Gasteiger partial charge >= 0.3 is 0 Å². The molecule has 9 nitrogen and oxygen atoms in total. The summed E-state index contributed by atoms with van der Waals surface area (Å²) < 4.78 is 0. The molecule has 3 aliphatic rings. The number of hydrogen-bond acceptors (Lipinski definition) is 7. The quantitative estimate of drug-likeness (QED) is 0.116. The van der Waals surface area contributed by atoms with Crippen molar-refractivity contribution >= 4 is 34.6 Å². The van der Waals surface area contributed by atoms with E-state index in [-0.39, 0.29) is 46.8 Å². The van der Waals surface area contributed by atoms with Crippen LogP contribution in [0.5, 0.6) is 0 Å². The van der Waals surface area contributed by atoms with Gasteiger partial charge in [-0.25, -0.2) is 0 Å². The first-order valence-electron chi connectivity index (χ1n) is 20.6. The molecular formula is C48H61N5O4. The predicted octanol–water partition coefficient (Wildman–Crippen LogP) is 8.35. The van der Waals surface area contributed by atoms with E-state index in [4.69, 9.17) is 5.73 Å². The summed E-state index contributed by atoms with van der Waals surface area (Å²) in [6.45, 7) is 24.4. The summed E-state index contributed by atoms with van der Waals surface area (Å²) in [4.78, 5) is 32.5. The molecule has 2 aliphatic heterocycles. The summed E-state index contributed by atoms with van der Waals surface area (Å²) in [7, 11) is 0. The highest BCUT2D eigenvalue weighted by molar-refractivity contribution is 6.06. The highest BCUT2D eigenvalue weighted by Gasteiger charge is 2.54. The second-order valence-corrected chi connectivity index (χ2v) is 18.4. The number of hydrogen-bond donors (Lipinski definition) is 5. The third-order valence-electron chi connectivity index (χ3n) is 13.8. The molecule has 0 bridgehead atoms. The minimum Gasteiger partial charge on any atom is -0.392 e. The average molecular weight is 772 g/mol. The Bertz CT molecular complexity index is 2180. The van der Waals surface area contributed by atoms with E-state index in [0.29, 0.717) is 40.2 Å². The lowest BCUT2D eigenvalue weighted by Crippen LogP contribution is -2.52. The zero-order chi connectivity index (χ0) is 41.5. The largest absolute Gasteiger partial charge is 0.392 e. The van der Waals surface area contributed by atoms with Crippen molar-refractivity contribution in [3.63, 3.8) is 0 Å². The van der Waals surface area contributed by atoms with Gasteiger partial charge in [0.1, 0.15) is 0 Å². The Hall–Kier alpha value is -4.70. The summed E-state index contributed by atoms with van der Waals surface area (Å²) in [5.41, 5.74) is 15.2. The number of anilines is 4. The SMILES string of the molecule is Cc1ccc(C(=O)Nc2cc3c(cc2C2C(O)C(c4cc5c(cc4NC(=O)c4ccc(CN)cc4)N(C(C)C)C(C)C5(C)C)C2O)C(C)(C)C(C)N3C(C)C)cc1. The van der Waals surface area contributed by atoms with E-state index >= 15 is 0 Å². The van der Waals surface area contributed by atoms with Crippen LogP contribution in [0.15, 0.2) is 72.8 Å². The smallest absolute Gasteiger partial charge is 0.255 e. The van der Waals surface area contributed by atoms with E-state index in [0.717, 1.165) is 33.6 Å². The van der Waals surface area contributed by atoms with Crippen LogP contribution in [0.4, 0.5) is 22.7 Å². The maximum atomic E-state index is 13.9. The summed E-state index contributed by atoms with van der Waals surface area (Å²) in [5.74, 6) is -1.95. The van der Waals surface area contributed by atoms with Crippen LogP contribution in [-0.4, -0.2) is 58.4 Å². The van der Waals surface area contributed by atoms with Gasteiger partial charge in [0, 0.05) is 87.3 Å². The molecule has 6 N–H and O–H groups in total. The van der Waals surface area contributed by atoms with Crippen molar-refractivity contribution in [1.29, 1.82) is 0 Å². The molecule has 1 saturated carbocycles. The fraction of sp³-hybridized carbons (Fsp3) is 0.458. The van der Waals surface area contributed by atoms with Gasteiger partial charge in [0.15, 0.2) is 0 Å². The number of aryl methyl sites for hydroxylation is 1. The van der Waals surface area contributed by atoms with Gasteiger partial charge in [0.2, 0.25) is 0 Å². The number of fused-ring (bicyclic) bond motifs is 2. The topological polar surface area (TPSA) is 131 Å². The van der Waals surface area contributed by atoms with Crippen LogP contribution in [0, 0.1) is 6.92 Å². The van der Waals surface area contributed by atoms with Gasteiger partial charge in [-0.15, -0.1) is 0 Å². The fourth-order valence-electron chi connectivity index (χ4n) is 9.78. The fourth-order valence-corrected chi connectivity index (χ4v) is 9.78. The van der Waals surface area contributed by atoms with Crippen LogP contribution < -0.4 is 26.2 Å². The van der Waals surface area contributed by atoms with Crippen molar-refractivity contribution in [1.82, 2.24) is 0 Å². The van der Waals surface area contributed by atoms with Gasteiger partial charge in [-0.05, 0) is 113 Å². The molecule has 7 rings (SSSR count). The van der Waals surface area contributed by atoms with Crippen molar-refractivity contribution in [3.8, 4) is 0 Å². The van der Waals surface area contributed by atoms with Crippen molar-refractivity contribution < 1.29 is 19.8 Å². The molecule has 4 unspecified atom stereocenters. The Balaban J connectivity index is 1.33. The molecule has 2 heterocycles. The maximum absolute atomic E-state index is 13.9. The van der Waals surface area contributed by atoms with E-state index in [9.17, 15) is 19.8 Å². The predicted molar refractivity (Wildman–Crippen MR) is 232 cm³/mol. The summed E-state index contributed by atoms with van der Waals surface area (Å²) in [6, 6.07) is 23.7. The van der Waals surface area contributed by atoms with Gasteiger partial charge in [0.05, 0.1) is 12.2 Å². The lowest BCUT2D eigenvalue weighted by atomic mass is 9.61. The van der Waals surface area contributed by atoms with Crippen molar-refractivity contribution in [2.24, 2.45) is 5.73 Å². The molecule has 1 aliphatic carbocycles. The Kier molecular flexibility index (Phi) is 10.4. The van der Waals surface area contributed by atoms with Gasteiger partial charge in [-0.2, -0.15) is 0 Å². The number of benzene rings is 4. The number of amides is 2. The van der Waals surface area contributed by atoms with Crippen LogP contribution >= 0.6 is 0 Å². The lowest BCUT2D eigenvalue weighted by Gasteiger charge is -2.48. The Morgan fingerprint density at radius 1 is 0.667 bits per heavy atom.